The molecular weight excluding hydrogens is 176 g/mol. The van der Waals surface area contributed by atoms with Crippen molar-refractivity contribution < 1.29 is 9.53 Å². The van der Waals surface area contributed by atoms with E-state index in [2.05, 4.69) is 0 Å². The molecule has 0 bridgehead atoms. The van der Waals surface area contributed by atoms with Gasteiger partial charge in [-0.25, -0.2) is 4.79 Å². The Labute approximate surface area is 84.2 Å². The number of rotatable bonds is 4. The van der Waals surface area contributed by atoms with Crippen molar-refractivity contribution in [2.24, 2.45) is 0 Å². The highest BCUT2D eigenvalue weighted by Crippen LogP contribution is 2.00. The van der Waals surface area contributed by atoms with Gasteiger partial charge < -0.3 is 4.74 Å². The highest BCUT2D eigenvalue weighted by atomic mass is 16.5. The molecule has 2 nitrogen and oxygen atoms in total. The van der Waals surface area contributed by atoms with Gasteiger partial charge in [0, 0.05) is 6.08 Å². The van der Waals surface area contributed by atoms with E-state index in [0.29, 0.717) is 6.61 Å². The van der Waals surface area contributed by atoms with Crippen LogP contribution in [-0.2, 0) is 9.53 Å². The van der Waals surface area contributed by atoms with Crippen molar-refractivity contribution in [2.45, 2.75) is 13.3 Å². The van der Waals surface area contributed by atoms with Crippen molar-refractivity contribution in [1.29, 1.82) is 0 Å². The van der Waals surface area contributed by atoms with Crippen LogP contribution in [0, 0.1) is 0 Å². The molecule has 0 spiro atoms. The highest BCUT2D eigenvalue weighted by molar-refractivity contribution is 5.86. The van der Waals surface area contributed by atoms with E-state index in [1.165, 1.54) is 6.08 Å². The van der Waals surface area contributed by atoms with Gasteiger partial charge in [0.15, 0.2) is 0 Å². The minimum atomic E-state index is -0.282. The predicted octanol–water partition coefficient (Wildman–Crippen LogP) is 2.65. The Balaban J connectivity index is 2.44. The van der Waals surface area contributed by atoms with Gasteiger partial charge in [-0.1, -0.05) is 37.3 Å². The van der Waals surface area contributed by atoms with Crippen LogP contribution >= 0.6 is 0 Å². The molecule has 0 radical (unpaired) electrons. The Morgan fingerprint density at radius 2 is 2.07 bits per heavy atom. The summed E-state index contributed by atoms with van der Waals surface area (Å²) >= 11 is 0. The van der Waals surface area contributed by atoms with Crippen molar-refractivity contribution >= 4 is 12.0 Å². The molecule has 2 heteroatoms. The molecule has 0 aliphatic rings. The molecule has 0 fully saturated rings. The Bertz CT molecular complexity index is 301. The number of hydrogen-bond donors (Lipinski definition) is 0. The summed E-state index contributed by atoms with van der Waals surface area (Å²) in [5, 5.41) is 0. The first-order valence-corrected chi connectivity index (χ1v) is 4.73. The molecule has 0 saturated carbocycles. The van der Waals surface area contributed by atoms with E-state index in [1.54, 1.807) is 6.08 Å². The van der Waals surface area contributed by atoms with E-state index in [9.17, 15) is 4.79 Å². The molecule has 74 valence electrons. The average molecular weight is 190 g/mol. The quantitative estimate of drug-likeness (QED) is 0.539. The van der Waals surface area contributed by atoms with E-state index in [0.717, 1.165) is 12.0 Å². The lowest BCUT2D eigenvalue weighted by Gasteiger charge is -1.97. The zero-order valence-electron chi connectivity index (χ0n) is 8.27. The maximum atomic E-state index is 11.1. The van der Waals surface area contributed by atoms with Gasteiger partial charge >= 0.3 is 5.97 Å². The molecule has 0 heterocycles. The Morgan fingerprint density at radius 1 is 1.36 bits per heavy atom. The standard InChI is InChI=1S/C12H14O2/c1-2-10-14-12(13)9-8-11-6-4-3-5-7-11/h3-9H,2,10H2,1H3/b9-8-. The normalized spacial score (nSPS) is 10.4. The first-order chi connectivity index (χ1) is 6.83. The van der Waals surface area contributed by atoms with Crippen molar-refractivity contribution in [3.05, 3.63) is 42.0 Å². The van der Waals surface area contributed by atoms with Gasteiger partial charge in [0.25, 0.3) is 0 Å². The summed E-state index contributed by atoms with van der Waals surface area (Å²) < 4.78 is 4.89. The summed E-state index contributed by atoms with van der Waals surface area (Å²) in [7, 11) is 0. The van der Waals surface area contributed by atoms with Gasteiger partial charge in [0.05, 0.1) is 6.61 Å². The lowest BCUT2D eigenvalue weighted by molar-refractivity contribution is -0.137. The lowest BCUT2D eigenvalue weighted by atomic mass is 10.2. The fraction of sp³-hybridized carbons (Fsp3) is 0.250. The smallest absolute Gasteiger partial charge is 0.330 e. The topological polar surface area (TPSA) is 26.3 Å². The maximum absolute atomic E-state index is 11.1. The number of hydrogen-bond acceptors (Lipinski definition) is 2. The molecule has 0 atom stereocenters. The molecule has 0 aliphatic heterocycles. The molecule has 0 saturated heterocycles. The van der Waals surface area contributed by atoms with E-state index in [1.807, 2.05) is 37.3 Å². The SMILES string of the molecule is CCCOC(=O)/C=C\c1ccccc1. The maximum Gasteiger partial charge on any atom is 0.330 e. The minimum absolute atomic E-state index is 0.282. The Kier molecular flexibility index (Phi) is 4.48. The molecular formula is C12H14O2. The average Bonchev–Trinajstić information content (AvgIpc) is 2.25. The summed E-state index contributed by atoms with van der Waals surface area (Å²) in [4.78, 5) is 11.1. The Hall–Kier alpha value is -1.57. The summed E-state index contributed by atoms with van der Waals surface area (Å²) in [6, 6.07) is 9.66. The lowest BCUT2D eigenvalue weighted by Crippen LogP contribution is -2.00. The van der Waals surface area contributed by atoms with Crippen LogP contribution in [0.3, 0.4) is 0 Å². The number of ether oxygens (including phenoxy) is 1. The monoisotopic (exact) mass is 190 g/mol. The largest absolute Gasteiger partial charge is 0.463 e. The minimum Gasteiger partial charge on any atom is -0.463 e. The second-order valence-electron chi connectivity index (χ2n) is 2.91. The number of esters is 1. The third kappa shape index (κ3) is 3.90. The van der Waals surface area contributed by atoms with Gasteiger partial charge in [0.2, 0.25) is 0 Å². The van der Waals surface area contributed by atoms with Crippen LogP contribution in [0.4, 0.5) is 0 Å². The van der Waals surface area contributed by atoms with Crippen LogP contribution in [0.1, 0.15) is 18.9 Å². The van der Waals surface area contributed by atoms with Crippen molar-refractivity contribution in [3.63, 3.8) is 0 Å². The van der Waals surface area contributed by atoms with Gasteiger partial charge in [-0.05, 0) is 18.1 Å². The number of carbonyl (C=O) groups is 1. The molecule has 1 aromatic rings. The van der Waals surface area contributed by atoms with E-state index in [-0.39, 0.29) is 5.97 Å². The predicted molar refractivity (Wildman–Crippen MR) is 56.7 cm³/mol. The Morgan fingerprint density at radius 3 is 2.71 bits per heavy atom. The van der Waals surface area contributed by atoms with Gasteiger partial charge in [0.1, 0.15) is 0 Å². The zero-order chi connectivity index (χ0) is 10.2. The molecule has 0 aliphatic carbocycles. The van der Waals surface area contributed by atoms with Crippen molar-refractivity contribution in [3.8, 4) is 0 Å². The molecule has 0 amide bonds. The van der Waals surface area contributed by atoms with E-state index in [4.69, 9.17) is 4.74 Å². The fourth-order valence-electron chi connectivity index (χ4n) is 0.979. The second-order valence-corrected chi connectivity index (χ2v) is 2.91. The first kappa shape index (κ1) is 10.5. The van der Waals surface area contributed by atoms with Gasteiger partial charge in [-0.3, -0.25) is 0 Å². The number of carbonyl (C=O) groups excluding carboxylic acids is 1. The van der Waals surface area contributed by atoms with Crippen LogP contribution in [0.5, 0.6) is 0 Å². The molecule has 0 N–H and O–H groups in total. The third-order valence-corrected chi connectivity index (χ3v) is 1.66. The van der Waals surface area contributed by atoms with E-state index < -0.39 is 0 Å². The molecule has 0 aromatic heterocycles. The van der Waals surface area contributed by atoms with Crippen molar-refractivity contribution in [1.82, 2.24) is 0 Å². The van der Waals surface area contributed by atoms with Crippen LogP contribution in [-0.4, -0.2) is 12.6 Å². The van der Waals surface area contributed by atoms with Crippen LogP contribution in [0.2, 0.25) is 0 Å². The molecule has 1 aromatic carbocycles. The number of benzene rings is 1. The van der Waals surface area contributed by atoms with Crippen molar-refractivity contribution in [2.75, 3.05) is 6.61 Å². The highest BCUT2D eigenvalue weighted by Gasteiger charge is 1.93. The van der Waals surface area contributed by atoms with Crippen LogP contribution in [0.25, 0.3) is 6.08 Å². The zero-order valence-corrected chi connectivity index (χ0v) is 8.27. The summed E-state index contributed by atoms with van der Waals surface area (Å²) in [6.45, 7) is 2.45. The summed E-state index contributed by atoms with van der Waals surface area (Å²) in [5.41, 5.74) is 1.00. The second kappa shape index (κ2) is 5.97. The van der Waals surface area contributed by atoms with Crippen LogP contribution in [0.15, 0.2) is 36.4 Å². The molecule has 0 unspecified atom stereocenters. The van der Waals surface area contributed by atoms with E-state index >= 15 is 0 Å². The third-order valence-electron chi connectivity index (χ3n) is 1.66. The van der Waals surface area contributed by atoms with Gasteiger partial charge in [-0.2, -0.15) is 0 Å². The molecule has 1 rings (SSSR count). The van der Waals surface area contributed by atoms with Gasteiger partial charge in [-0.15, -0.1) is 0 Å². The summed E-state index contributed by atoms with van der Waals surface area (Å²) in [6.07, 6.45) is 4.05. The fourth-order valence-corrected chi connectivity index (χ4v) is 0.979. The summed E-state index contributed by atoms with van der Waals surface area (Å²) in [5.74, 6) is -0.282. The molecule has 14 heavy (non-hydrogen) atoms. The van der Waals surface area contributed by atoms with Crippen LogP contribution < -0.4 is 0 Å². The first-order valence-electron chi connectivity index (χ1n) is 4.73.